The second kappa shape index (κ2) is 9.56. The Labute approximate surface area is 145 Å². The van der Waals surface area contributed by atoms with Gasteiger partial charge in [-0.2, -0.15) is 8.78 Å². The van der Waals surface area contributed by atoms with Gasteiger partial charge in [0.05, 0.1) is 0 Å². The van der Waals surface area contributed by atoms with Crippen LogP contribution >= 0.6 is 7.60 Å². The molecule has 2 rings (SSSR count). The van der Waals surface area contributed by atoms with Gasteiger partial charge in [-0.1, -0.05) is 60.7 Å². The second-order valence-electron chi connectivity index (χ2n) is 5.09. The first-order valence-electron chi connectivity index (χ1n) is 7.02. The standard InChI is InChI=1S/C17H17F2O3P.2H3N/c18-17(19,23(20,21)22)16-12-6-11-15(13-16)10-5-4-9-14-7-2-1-3-8-14;;/h1-3,5-8,10-13H,4,9H2,(H2,20,21,22);2*1H3/b10-5-;;. The Balaban J connectivity index is 0.00000288. The fraction of sp³-hybridized carbons (Fsp3) is 0.176. The van der Waals surface area contributed by atoms with Crippen molar-refractivity contribution < 1.29 is 23.1 Å². The molecule has 0 aromatic heterocycles. The average molecular weight is 372 g/mol. The summed E-state index contributed by atoms with van der Waals surface area (Å²) in [7, 11) is -6.04. The van der Waals surface area contributed by atoms with Gasteiger partial charge >= 0.3 is 0 Å². The molecule has 0 aliphatic carbocycles. The van der Waals surface area contributed by atoms with Crippen LogP contribution in [0.2, 0.25) is 0 Å². The van der Waals surface area contributed by atoms with Gasteiger partial charge in [-0.25, -0.2) is 0 Å². The molecule has 0 aliphatic heterocycles. The normalized spacial score (nSPS) is 11.7. The van der Waals surface area contributed by atoms with E-state index >= 15 is 0 Å². The molecule has 0 aliphatic rings. The van der Waals surface area contributed by atoms with Crippen molar-refractivity contribution in [1.29, 1.82) is 0 Å². The lowest BCUT2D eigenvalue weighted by Crippen LogP contribution is -2.29. The average Bonchev–Trinajstić information content (AvgIpc) is 2.52. The van der Waals surface area contributed by atoms with E-state index in [0.29, 0.717) is 12.0 Å². The third-order valence-corrected chi connectivity index (χ3v) is 4.28. The van der Waals surface area contributed by atoms with E-state index in [1.807, 2.05) is 36.4 Å². The summed E-state index contributed by atoms with van der Waals surface area (Å²) in [4.78, 5) is 21.4. The van der Waals surface area contributed by atoms with Crippen molar-refractivity contribution in [3.05, 3.63) is 77.4 Å². The monoisotopic (exact) mass is 372 g/mol. The summed E-state index contributed by atoms with van der Waals surface area (Å²) < 4.78 is 37.8. The van der Waals surface area contributed by atoms with Crippen LogP contribution in [0.4, 0.5) is 8.78 Å². The molecule has 0 saturated carbocycles. The van der Waals surface area contributed by atoms with Crippen LogP contribution in [0.15, 0.2) is 60.7 Å². The van der Waals surface area contributed by atoms with Crippen LogP contribution < -0.4 is 22.1 Å². The molecule has 0 bridgehead atoms. The molecule has 0 radical (unpaired) electrons. The van der Waals surface area contributed by atoms with Gasteiger partial charge in [0.2, 0.25) is 0 Å². The molecular weight excluding hydrogens is 349 g/mol. The van der Waals surface area contributed by atoms with Gasteiger partial charge in [-0.15, -0.1) is 0 Å². The SMILES string of the molecule is O=P([O-])([O-])C(F)(F)c1cccc(/C=C\CCc2ccccc2)c1.[NH4+].[NH4+]. The summed E-state index contributed by atoms with van der Waals surface area (Å²) in [5, 5.41) is 0. The minimum Gasteiger partial charge on any atom is -0.806 e. The summed E-state index contributed by atoms with van der Waals surface area (Å²) in [6.45, 7) is 0. The van der Waals surface area contributed by atoms with E-state index in [1.165, 1.54) is 6.07 Å². The van der Waals surface area contributed by atoms with E-state index in [2.05, 4.69) is 0 Å². The highest BCUT2D eigenvalue weighted by molar-refractivity contribution is 7.49. The number of alkyl halides is 2. The molecule has 0 unspecified atom stereocenters. The smallest absolute Gasteiger partial charge is 0.296 e. The van der Waals surface area contributed by atoms with Gasteiger partial charge < -0.3 is 26.7 Å². The molecule has 8 heteroatoms. The Morgan fingerprint density at radius 1 is 1.00 bits per heavy atom. The van der Waals surface area contributed by atoms with Gasteiger partial charge in [-0.05, 0) is 30.0 Å². The van der Waals surface area contributed by atoms with Crippen molar-refractivity contribution in [2.75, 3.05) is 0 Å². The van der Waals surface area contributed by atoms with Crippen molar-refractivity contribution in [2.24, 2.45) is 0 Å². The number of hydrogen-bond acceptors (Lipinski definition) is 3. The number of rotatable bonds is 6. The van der Waals surface area contributed by atoms with Crippen LogP contribution in [0.3, 0.4) is 0 Å². The molecule has 2 aromatic carbocycles. The van der Waals surface area contributed by atoms with E-state index in [9.17, 15) is 23.1 Å². The van der Waals surface area contributed by atoms with Crippen molar-refractivity contribution in [3.63, 3.8) is 0 Å². The van der Waals surface area contributed by atoms with Crippen molar-refractivity contribution in [3.8, 4) is 0 Å². The van der Waals surface area contributed by atoms with E-state index < -0.39 is 18.8 Å². The lowest BCUT2D eigenvalue weighted by Gasteiger charge is -2.37. The molecule has 0 heterocycles. The maximum Gasteiger partial charge on any atom is 0.296 e. The first-order chi connectivity index (χ1) is 10.8. The molecule has 0 atom stereocenters. The number of quaternary nitrogens is 2. The van der Waals surface area contributed by atoms with E-state index in [0.717, 1.165) is 24.1 Å². The highest BCUT2D eigenvalue weighted by Gasteiger charge is 2.35. The maximum atomic E-state index is 13.5. The first-order valence-corrected chi connectivity index (χ1v) is 8.56. The summed E-state index contributed by atoms with van der Waals surface area (Å²) in [5.41, 5.74) is -3.63. The number of benzene rings is 2. The third kappa shape index (κ3) is 6.16. The second-order valence-corrected chi connectivity index (χ2v) is 6.65. The molecule has 25 heavy (non-hydrogen) atoms. The maximum absolute atomic E-state index is 13.5. The van der Waals surface area contributed by atoms with Crippen LogP contribution in [-0.4, -0.2) is 0 Å². The summed E-state index contributed by atoms with van der Waals surface area (Å²) in [6, 6.07) is 14.6. The van der Waals surface area contributed by atoms with E-state index in [4.69, 9.17) is 0 Å². The molecule has 2 aromatic rings. The van der Waals surface area contributed by atoms with Crippen LogP contribution in [-0.2, 0) is 16.6 Å². The summed E-state index contributed by atoms with van der Waals surface area (Å²) in [5.74, 6) is 0. The Morgan fingerprint density at radius 2 is 1.64 bits per heavy atom. The molecular formula is C17H23F2N2O3P. The Hall–Kier alpha value is -1.89. The number of halogens is 2. The van der Waals surface area contributed by atoms with Crippen molar-refractivity contribution in [1.82, 2.24) is 12.3 Å². The molecule has 138 valence electrons. The lowest BCUT2D eigenvalue weighted by molar-refractivity contribution is -0.335. The van der Waals surface area contributed by atoms with Crippen LogP contribution in [0.5, 0.6) is 0 Å². The zero-order chi connectivity index (χ0) is 16.9. The van der Waals surface area contributed by atoms with Gasteiger partial charge in [0.1, 0.15) is 0 Å². The predicted octanol–water partition coefficient (Wildman–Crippen LogP) is 4.05. The number of allylic oxidation sites excluding steroid dienone is 1. The zero-order valence-corrected chi connectivity index (χ0v) is 15.1. The zero-order valence-electron chi connectivity index (χ0n) is 14.2. The van der Waals surface area contributed by atoms with Crippen LogP contribution in [0, 0.1) is 0 Å². The number of hydrogen-bond donors (Lipinski definition) is 2. The van der Waals surface area contributed by atoms with Crippen molar-refractivity contribution >= 4 is 13.7 Å². The first kappa shape index (κ1) is 23.1. The fourth-order valence-corrected chi connectivity index (χ4v) is 2.56. The Kier molecular flexibility index (Phi) is 8.83. The third-order valence-electron chi connectivity index (χ3n) is 3.33. The van der Waals surface area contributed by atoms with Crippen LogP contribution in [0.25, 0.3) is 6.08 Å². The van der Waals surface area contributed by atoms with E-state index in [1.54, 1.807) is 12.1 Å². The molecule has 0 fully saturated rings. The summed E-state index contributed by atoms with van der Waals surface area (Å²) >= 11 is 0. The Bertz CT molecular complexity index is 734. The quantitative estimate of drug-likeness (QED) is 0.740. The highest BCUT2D eigenvalue weighted by atomic mass is 31.2. The molecule has 0 amide bonds. The molecule has 8 N–H and O–H groups in total. The molecule has 0 saturated heterocycles. The largest absolute Gasteiger partial charge is 0.806 e. The number of aryl methyl sites for hydroxylation is 1. The van der Waals surface area contributed by atoms with Gasteiger partial charge in [0.25, 0.3) is 5.66 Å². The fourth-order valence-electron chi connectivity index (χ4n) is 2.10. The lowest BCUT2D eigenvalue weighted by atomic mass is 10.1. The minimum atomic E-state index is -6.04. The predicted molar refractivity (Wildman–Crippen MR) is 93.7 cm³/mol. The highest BCUT2D eigenvalue weighted by Crippen LogP contribution is 2.53. The summed E-state index contributed by atoms with van der Waals surface area (Å²) in [6.07, 6.45) is 4.97. The molecule has 0 spiro atoms. The van der Waals surface area contributed by atoms with Gasteiger partial charge in [-0.3, -0.25) is 0 Å². The van der Waals surface area contributed by atoms with Gasteiger partial charge in [0.15, 0.2) is 0 Å². The van der Waals surface area contributed by atoms with Crippen LogP contribution in [0.1, 0.15) is 23.1 Å². The van der Waals surface area contributed by atoms with E-state index in [-0.39, 0.29) is 12.3 Å². The Morgan fingerprint density at radius 3 is 2.24 bits per heavy atom. The van der Waals surface area contributed by atoms with Gasteiger partial charge in [0, 0.05) is 13.2 Å². The topological polar surface area (TPSA) is 136 Å². The van der Waals surface area contributed by atoms with Crippen molar-refractivity contribution in [2.45, 2.75) is 18.5 Å². The molecule has 5 nitrogen and oxygen atoms in total. The minimum absolute atomic E-state index is 0.